The van der Waals surface area contributed by atoms with Crippen LogP contribution in [0.2, 0.25) is 0 Å². The van der Waals surface area contributed by atoms with Gasteiger partial charge in [-0.1, -0.05) is 0 Å². The molecule has 0 aliphatic carbocycles. The Hall–Kier alpha value is -2.06. The summed E-state index contributed by atoms with van der Waals surface area (Å²) in [5.74, 6) is 2.18. The predicted molar refractivity (Wildman–Crippen MR) is 108 cm³/mol. The zero-order chi connectivity index (χ0) is 17.6. The molecule has 9 heteroatoms. The van der Waals surface area contributed by atoms with Crippen LogP contribution >= 0.6 is 24.8 Å². The van der Waals surface area contributed by atoms with E-state index < -0.39 is 5.91 Å². The first-order chi connectivity index (χ1) is 12.1. The van der Waals surface area contributed by atoms with E-state index in [2.05, 4.69) is 15.2 Å². The molecule has 0 radical (unpaired) electrons. The first-order valence-corrected chi connectivity index (χ1v) is 8.25. The van der Waals surface area contributed by atoms with Crippen molar-refractivity contribution in [1.29, 1.82) is 0 Å². The number of hydrogen-bond donors (Lipinski definition) is 3. The van der Waals surface area contributed by atoms with Crippen LogP contribution in [0.1, 0.15) is 23.5 Å². The molecule has 3 N–H and O–H groups in total. The van der Waals surface area contributed by atoms with Crippen LogP contribution in [-0.2, 0) is 11.3 Å². The van der Waals surface area contributed by atoms with Gasteiger partial charge in [-0.3, -0.25) is 14.9 Å². The van der Waals surface area contributed by atoms with Crippen molar-refractivity contribution in [2.75, 3.05) is 18.4 Å². The van der Waals surface area contributed by atoms with E-state index in [-0.39, 0.29) is 24.8 Å². The molecule has 1 saturated heterocycles. The number of hydroxylamine groups is 1. The van der Waals surface area contributed by atoms with E-state index in [1.807, 2.05) is 31.2 Å². The summed E-state index contributed by atoms with van der Waals surface area (Å²) in [6.07, 6.45) is 5.57. The van der Waals surface area contributed by atoms with Gasteiger partial charge in [0.2, 0.25) is 0 Å². The molecule has 3 heterocycles. The number of nitrogens with one attached hydrogen (secondary N) is 2. The van der Waals surface area contributed by atoms with Gasteiger partial charge in [0.05, 0.1) is 6.54 Å². The Balaban J connectivity index is 0.00000182. The van der Waals surface area contributed by atoms with Crippen molar-refractivity contribution in [2.24, 2.45) is 0 Å². The molecule has 148 valence electrons. The summed E-state index contributed by atoms with van der Waals surface area (Å²) >= 11 is 0. The maximum atomic E-state index is 11.0. The first-order valence-electron chi connectivity index (χ1n) is 8.25. The lowest BCUT2D eigenvalue weighted by Gasteiger charge is -2.16. The second kappa shape index (κ2) is 10.9. The number of furan rings is 1. The third kappa shape index (κ3) is 6.88. The van der Waals surface area contributed by atoms with Crippen LogP contribution in [0.25, 0.3) is 6.08 Å². The number of hydrogen-bond acceptors (Lipinski definition) is 6. The van der Waals surface area contributed by atoms with E-state index in [9.17, 15) is 4.79 Å². The number of rotatable bonds is 6. The van der Waals surface area contributed by atoms with Crippen molar-refractivity contribution < 1.29 is 14.4 Å². The zero-order valence-corrected chi connectivity index (χ0v) is 16.6. The van der Waals surface area contributed by atoms with Gasteiger partial charge in [-0.15, -0.1) is 24.8 Å². The molecular formula is C18H24Cl2N4O3. The summed E-state index contributed by atoms with van der Waals surface area (Å²) in [5.41, 5.74) is 2.34. The lowest BCUT2D eigenvalue weighted by molar-refractivity contribution is -0.124. The molecule has 1 aliphatic rings. The number of amides is 1. The van der Waals surface area contributed by atoms with E-state index in [1.54, 1.807) is 17.8 Å². The van der Waals surface area contributed by atoms with Gasteiger partial charge < -0.3 is 9.73 Å². The first kappa shape index (κ1) is 23.0. The summed E-state index contributed by atoms with van der Waals surface area (Å²) in [7, 11) is 0. The van der Waals surface area contributed by atoms with Gasteiger partial charge in [0, 0.05) is 31.4 Å². The van der Waals surface area contributed by atoms with Crippen LogP contribution in [0.4, 0.5) is 5.82 Å². The Morgan fingerprint density at radius 3 is 2.81 bits per heavy atom. The van der Waals surface area contributed by atoms with Crippen molar-refractivity contribution in [3.8, 4) is 0 Å². The van der Waals surface area contributed by atoms with E-state index >= 15 is 0 Å². The number of likely N-dealkylation sites (tertiary alicyclic amines) is 1. The normalized spacial score (nSPS) is 16.6. The molecule has 1 aliphatic heterocycles. The molecule has 1 atom stereocenters. The molecule has 0 spiro atoms. The number of anilines is 1. The summed E-state index contributed by atoms with van der Waals surface area (Å²) in [5, 5.41) is 11.9. The number of carbonyl (C=O) groups excluding carboxylic acids is 1. The average molecular weight is 415 g/mol. The van der Waals surface area contributed by atoms with E-state index in [1.165, 1.54) is 6.08 Å². The molecule has 0 saturated carbocycles. The highest BCUT2D eigenvalue weighted by atomic mass is 35.5. The number of aromatic nitrogens is 1. The van der Waals surface area contributed by atoms with Crippen molar-refractivity contribution in [2.45, 2.75) is 25.9 Å². The van der Waals surface area contributed by atoms with Gasteiger partial charge in [-0.2, -0.15) is 0 Å². The van der Waals surface area contributed by atoms with Crippen LogP contribution in [-0.4, -0.2) is 40.1 Å². The fourth-order valence-corrected chi connectivity index (χ4v) is 2.89. The lowest BCUT2D eigenvalue weighted by Crippen LogP contribution is -2.26. The molecule has 1 amide bonds. The highest BCUT2D eigenvalue weighted by Gasteiger charge is 2.23. The summed E-state index contributed by atoms with van der Waals surface area (Å²) in [4.78, 5) is 17.7. The highest BCUT2D eigenvalue weighted by molar-refractivity contribution is 5.90. The van der Waals surface area contributed by atoms with Crippen LogP contribution in [0, 0.1) is 6.92 Å². The monoisotopic (exact) mass is 414 g/mol. The average Bonchev–Trinajstić information content (AvgIpc) is 3.23. The standard InChI is InChI=1S/C18H22N4O3.2ClH/c1-13-2-5-16(25-13)12-22-9-8-15(11-22)20-17-6-3-14(10-19-17)4-7-18(23)21-24;;/h2-7,10,15,24H,8-9,11-12H2,1H3,(H,19,20)(H,21,23);2*1H/b7-4+;;/t15-;;/m1../s1. The highest BCUT2D eigenvalue weighted by Crippen LogP contribution is 2.18. The second-order valence-electron chi connectivity index (χ2n) is 6.16. The number of pyridine rings is 1. The van der Waals surface area contributed by atoms with Crippen LogP contribution < -0.4 is 10.8 Å². The minimum absolute atomic E-state index is 0. The summed E-state index contributed by atoms with van der Waals surface area (Å²) in [6.45, 7) is 4.75. The fraction of sp³-hybridized carbons (Fsp3) is 0.333. The van der Waals surface area contributed by atoms with E-state index in [0.717, 1.165) is 49.0 Å². The van der Waals surface area contributed by atoms with E-state index in [0.29, 0.717) is 6.04 Å². The maximum Gasteiger partial charge on any atom is 0.267 e. The number of nitrogens with zero attached hydrogens (tertiary/aromatic N) is 2. The molecule has 2 aromatic heterocycles. The van der Waals surface area contributed by atoms with Crippen LogP contribution in [0.15, 0.2) is 41.0 Å². The van der Waals surface area contributed by atoms with Gasteiger partial charge in [0.15, 0.2) is 0 Å². The van der Waals surface area contributed by atoms with Crippen molar-refractivity contribution in [1.82, 2.24) is 15.4 Å². The predicted octanol–water partition coefficient (Wildman–Crippen LogP) is 3.03. The third-order valence-electron chi connectivity index (χ3n) is 4.12. The molecule has 27 heavy (non-hydrogen) atoms. The molecule has 7 nitrogen and oxygen atoms in total. The fourth-order valence-electron chi connectivity index (χ4n) is 2.89. The summed E-state index contributed by atoms with van der Waals surface area (Å²) < 4.78 is 5.64. The minimum atomic E-state index is -0.569. The smallest absolute Gasteiger partial charge is 0.267 e. The third-order valence-corrected chi connectivity index (χ3v) is 4.12. The van der Waals surface area contributed by atoms with Gasteiger partial charge in [0.25, 0.3) is 5.91 Å². The van der Waals surface area contributed by atoms with Crippen LogP contribution in [0.3, 0.4) is 0 Å². The second-order valence-corrected chi connectivity index (χ2v) is 6.16. The van der Waals surface area contributed by atoms with Crippen molar-refractivity contribution >= 4 is 42.6 Å². The van der Waals surface area contributed by atoms with Crippen LogP contribution in [0.5, 0.6) is 0 Å². The number of carbonyl (C=O) groups is 1. The van der Waals surface area contributed by atoms with Gasteiger partial charge >= 0.3 is 0 Å². The Morgan fingerprint density at radius 2 is 2.19 bits per heavy atom. The topological polar surface area (TPSA) is 90.6 Å². The minimum Gasteiger partial charge on any atom is -0.465 e. The van der Waals surface area contributed by atoms with Crippen molar-refractivity contribution in [3.63, 3.8) is 0 Å². The Bertz CT molecular complexity index is 749. The molecule has 3 rings (SSSR count). The number of halogens is 2. The van der Waals surface area contributed by atoms with E-state index in [4.69, 9.17) is 9.62 Å². The molecule has 2 aromatic rings. The largest absolute Gasteiger partial charge is 0.465 e. The maximum absolute atomic E-state index is 11.0. The molecule has 1 fully saturated rings. The Morgan fingerprint density at radius 1 is 1.37 bits per heavy atom. The van der Waals surface area contributed by atoms with Crippen molar-refractivity contribution in [3.05, 3.63) is 53.6 Å². The quantitative estimate of drug-likeness (QED) is 0.382. The lowest BCUT2D eigenvalue weighted by atomic mass is 10.2. The zero-order valence-electron chi connectivity index (χ0n) is 14.9. The number of aryl methyl sites for hydroxylation is 1. The van der Waals surface area contributed by atoms with Gasteiger partial charge in [0.1, 0.15) is 17.3 Å². The van der Waals surface area contributed by atoms with Gasteiger partial charge in [-0.25, -0.2) is 10.5 Å². The molecule has 0 bridgehead atoms. The Labute approximate surface area is 170 Å². The SMILES string of the molecule is Cc1ccc(CN2CC[C@@H](Nc3ccc(/C=C/C(=O)NO)cn3)C2)o1.Cl.Cl. The van der Waals surface area contributed by atoms with Gasteiger partial charge in [-0.05, 0) is 49.2 Å². The Kier molecular flexibility index (Phi) is 9.31. The molecule has 0 unspecified atom stereocenters. The summed E-state index contributed by atoms with van der Waals surface area (Å²) in [6, 6.07) is 8.13. The molecule has 0 aromatic carbocycles. The molecular weight excluding hydrogens is 391 g/mol.